The molecule has 0 heterocycles. The summed E-state index contributed by atoms with van der Waals surface area (Å²) in [5, 5.41) is 10.8. The molecule has 0 saturated carbocycles. The molecule has 0 fully saturated rings. The van der Waals surface area contributed by atoms with E-state index in [1.165, 1.54) is 7.11 Å². The number of nitrogens with zero attached hydrogens (tertiary/aromatic N) is 1. The van der Waals surface area contributed by atoms with Gasteiger partial charge in [-0.3, -0.25) is 14.9 Å². The maximum Gasteiger partial charge on any atom is 0.306 e. The summed E-state index contributed by atoms with van der Waals surface area (Å²) in [6, 6.07) is -0.635. The Bertz CT molecular complexity index is 217. The van der Waals surface area contributed by atoms with Crippen LogP contribution < -0.4 is 0 Å². The highest BCUT2D eigenvalue weighted by atomic mass is 16.6. The second-order valence-electron chi connectivity index (χ2n) is 3.75. The van der Waals surface area contributed by atoms with Crippen LogP contribution in [0, 0.1) is 16.0 Å². The predicted molar refractivity (Wildman–Crippen MR) is 56.1 cm³/mol. The fraction of sp³-hybridized carbons (Fsp3) is 0.900. The van der Waals surface area contributed by atoms with Crippen molar-refractivity contribution in [2.24, 2.45) is 5.92 Å². The summed E-state index contributed by atoms with van der Waals surface area (Å²) in [5.74, 6) is -0.648. The van der Waals surface area contributed by atoms with Crippen molar-refractivity contribution in [2.75, 3.05) is 7.11 Å². The molecule has 0 aliphatic heterocycles. The van der Waals surface area contributed by atoms with Gasteiger partial charge < -0.3 is 4.74 Å². The lowest BCUT2D eigenvalue weighted by atomic mass is 9.94. The number of ether oxygens (including phenoxy) is 1. The SMILES string of the molecule is CCCCC(C(C)CC(=O)OC)[N+](=O)[O-]. The summed E-state index contributed by atoms with van der Waals surface area (Å²) in [7, 11) is 1.29. The lowest BCUT2D eigenvalue weighted by Gasteiger charge is -2.15. The Hall–Kier alpha value is -1.13. The van der Waals surface area contributed by atoms with Gasteiger partial charge in [-0.25, -0.2) is 0 Å². The molecule has 5 heteroatoms. The number of methoxy groups -OCH3 is 1. The van der Waals surface area contributed by atoms with E-state index in [2.05, 4.69) is 4.74 Å². The van der Waals surface area contributed by atoms with Crippen LogP contribution in [0.25, 0.3) is 0 Å². The number of rotatable bonds is 7. The summed E-state index contributed by atoms with van der Waals surface area (Å²) in [5.41, 5.74) is 0. The van der Waals surface area contributed by atoms with Crippen molar-refractivity contribution >= 4 is 5.97 Å². The highest BCUT2D eigenvalue weighted by molar-refractivity contribution is 5.69. The predicted octanol–water partition coefficient (Wildman–Crippen LogP) is 2.02. The molecule has 0 aliphatic rings. The monoisotopic (exact) mass is 217 g/mol. The molecule has 0 amide bonds. The minimum atomic E-state index is -0.635. The first kappa shape index (κ1) is 13.9. The number of carbonyl (C=O) groups is 1. The average molecular weight is 217 g/mol. The Morgan fingerprint density at radius 2 is 2.13 bits per heavy atom. The Morgan fingerprint density at radius 3 is 2.53 bits per heavy atom. The highest BCUT2D eigenvalue weighted by Gasteiger charge is 2.29. The van der Waals surface area contributed by atoms with Gasteiger partial charge in [0.05, 0.1) is 13.5 Å². The van der Waals surface area contributed by atoms with Gasteiger partial charge in [0.1, 0.15) is 0 Å². The van der Waals surface area contributed by atoms with E-state index in [0.29, 0.717) is 6.42 Å². The van der Waals surface area contributed by atoms with Gasteiger partial charge in [-0.2, -0.15) is 0 Å². The number of carbonyl (C=O) groups excluding carboxylic acids is 1. The van der Waals surface area contributed by atoms with Crippen LogP contribution in [-0.4, -0.2) is 24.0 Å². The fourth-order valence-corrected chi connectivity index (χ4v) is 1.49. The molecule has 15 heavy (non-hydrogen) atoms. The molecule has 0 radical (unpaired) electrons. The molecular formula is C10H19NO4. The lowest BCUT2D eigenvalue weighted by molar-refractivity contribution is -0.532. The van der Waals surface area contributed by atoms with Gasteiger partial charge in [0.2, 0.25) is 6.04 Å². The first-order valence-corrected chi connectivity index (χ1v) is 5.23. The minimum absolute atomic E-state index is 0.117. The van der Waals surface area contributed by atoms with Gasteiger partial charge in [-0.15, -0.1) is 0 Å². The van der Waals surface area contributed by atoms with E-state index in [-0.39, 0.29) is 23.2 Å². The number of unbranched alkanes of at least 4 members (excludes halogenated alkanes) is 1. The number of nitro groups is 1. The van der Waals surface area contributed by atoms with Gasteiger partial charge in [0.15, 0.2) is 0 Å². The maximum absolute atomic E-state index is 11.0. The quantitative estimate of drug-likeness (QED) is 0.371. The van der Waals surface area contributed by atoms with Gasteiger partial charge in [0.25, 0.3) is 0 Å². The molecule has 0 saturated heterocycles. The average Bonchev–Trinajstić information content (AvgIpc) is 2.17. The van der Waals surface area contributed by atoms with Crippen molar-refractivity contribution in [1.29, 1.82) is 0 Å². The van der Waals surface area contributed by atoms with Crippen LogP contribution in [0.15, 0.2) is 0 Å². The Kier molecular flexibility index (Phi) is 6.66. The summed E-state index contributed by atoms with van der Waals surface area (Å²) in [4.78, 5) is 21.5. The van der Waals surface area contributed by atoms with Crippen molar-refractivity contribution in [3.05, 3.63) is 10.1 Å². The van der Waals surface area contributed by atoms with E-state index in [1.807, 2.05) is 6.92 Å². The van der Waals surface area contributed by atoms with Crippen LogP contribution in [0.2, 0.25) is 0 Å². The standard InChI is InChI=1S/C10H19NO4/c1-4-5-6-9(11(13)14)8(2)7-10(12)15-3/h8-9H,4-7H2,1-3H3. The topological polar surface area (TPSA) is 69.4 Å². The lowest BCUT2D eigenvalue weighted by Crippen LogP contribution is -2.29. The van der Waals surface area contributed by atoms with E-state index in [0.717, 1.165) is 12.8 Å². The summed E-state index contributed by atoms with van der Waals surface area (Å²) >= 11 is 0. The Morgan fingerprint density at radius 1 is 1.53 bits per heavy atom. The van der Waals surface area contributed by atoms with Crippen LogP contribution in [0.1, 0.15) is 39.5 Å². The van der Waals surface area contributed by atoms with Gasteiger partial charge in [-0.1, -0.05) is 20.3 Å². The van der Waals surface area contributed by atoms with E-state index in [1.54, 1.807) is 6.92 Å². The molecule has 88 valence electrons. The largest absolute Gasteiger partial charge is 0.469 e. The normalized spacial score (nSPS) is 14.3. The third kappa shape index (κ3) is 5.34. The van der Waals surface area contributed by atoms with Gasteiger partial charge >= 0.3 is 5.97 Å². The Labute approximate surface area is 90.0 Å². The molecule has 5 nitrogen and oxygen atoms in total. The maximum atomic E-state index is 11.0. The Balaban J connectivity index is 4.21. The van der Waals surface area contributed by atoms with Crippen molar-refractivity contribution in [1.82, 2.24) is 0 Å². The fourth-order valence-electron chi connectivity index (χ4n) is 1.49. The van der Waals surface area contributed by atoms with E-state index in [9.17, 15) is 14.9 Å². The van der Waals surface area contributed by atoms with E-state index in [4.69, 9.17) is 0 Å². The second-order valence-corrected chi connectivity index (χ2v) is 3.75. The summed E-state index contributed by atoms with van der Waals surface area (Å²) < 4.78 is 4.49. The molecule has 0 bridgehead atoms. The first-order valence-electron chi connectivity index (χ1n) is 5.23. The molecule has 2 unspecified atom stereocenters. The molecule has 0 spiro atoms. The van der Waals surface area contributed by atoms with E-state index >= 15 is 0 Å². The van der Waals surface area contributed by atoms with Crippen molar-refractivity contribution < 1.29 is 14.5 Å². The summed E-state index contributed by atoms with van der Waals surface area (Å²) in [6.45, 7) is 3.71. The third-order valence-electron chi connectivity index (χ3n) is 2.50. The first-order chi connectivity index (χ1) is 7.02. The van der Waals surface area contributed by atoms with Crippen LogP contribution >= 0.6 is 0 Å². The molecule has 2 atom stereocenters. The molecule has 0 aromatic rings. The second kappa shape index (κ2) is 7.20. The zero-order chi connectivity index (χ0) is 11.8. The molecule has 0 rings (SSSR count). The van der Waals surface area contributed by atoms with Crippen molar-refractivity contribution in [3.8, 4) is 0 Å². The zero-order valence-electron chi connectivity index (χ0n) is 9.56. The summed E-state index contributed by atoms with van der Waals surface area (Å²) in [6.07, 6.45) is 2.39. The van der Waals surface area contributed by atoms with Crippen LogP contribution in [-0.2, 0) is 9.53 Å². The van der Waals surface area contributed by atoms with Crippen molar-refractivity contribution in [2.45, 2.75) is 45.6 Å². The van der Waals surface area contributed by atoms with Crippen LogP contribution in [0.5, 0.6) is 0 Å². The van der Waals surface area contributed by atoms with Crippen LogP contribution in [0.4, 0.5) is 0 Å². The molecule has 0 aliphatic carbocycles. The van der Waals surface area contributed by atoms with Crippen LogP contribution in [0.3, 0.4) is 0 Å². The highest BCUT2D eigenvalue weighted by Crippen LogP contribution is 2.17. The third-order valence-corrected chi connectivity index (χ3v) is 2.50. The molecular weight excluding hydrogens is 198 g/mol. The molecule has 0 aromatic heterocycles. The van der Waals surface area contributed by atoms with Gasteiger partial charge in [-0.05, 0) is 6.42 Å². The van der Waals surface area contributed by atoms with E-state index < -0.39 is 6.04 Å². The van der Waals surface area contributed by atoms with Gasteiger partial charge in [0, 0.05) is 17.3 Å². The minimum Gasteiger partial charge on any atom is -0.469 e. The smallest absolute Gasteiger partial charge is 0.306 e. The number of hydrogen-bond acceptors (Lipinski definition) is 4. The number of hydrogen-bond donors (Lipinski definition) is 0. The van der Waals surface area contributed by atoms with Crippen molar-refractivity contribution in [3.63, 3.8) is 0 Å². The molecule has 0 N–H and O–H groups in total. The number of esters is 1. The molecule has 0 aromatic carbocycles. The zero-order valence-corrected chi connectivity index (χ0v) is 9.56.